The molecule has 0 atom stereocenters. The van der Waals surface area contributed by atoms with E-state index >= 15 is 0 Å². The molecule has 4 nitrogen and oxygen atoms in total. The maximum absolute atomic E-state index is 12.1. The van der Waals surface area contributed by atoms with Crippen LogP contribution in [0.3, 0.4) is 0 Å². The number of anilines is 1. The number of aryl methyl sites for hydroxylation is 1. The Hall–Kier alpha value is -2.66. The number of carbonyl (C=O) groups is 2. The molecule has 116 valence electrons. The largest absolute Gasteiger partial charge is 0.417 e. The van der Waals surface area contributed by atoms with E-state index in [1.807, 2.05) is 24.4 Å². The molecule has 0 radical (unpaired) electrons. The molecule has 3 rings (SSSR count). The predicted octanol–water partition coefficient (Wildman–Crippen LogP) is 5.02. The first-order valence-electron chi connectivity index (χ1n) is 7.11. The normalized spacial score (nSPS) is 10.5. The van der Waals surface area contributed by atoms with Gasteiger partial charge in [-0.15, -0.1) is 11.3 Å². The van der Waals surface area contributed by atoms with Gasteiger partial charge in [0.2, 0.25) is 0 Å². The van der Waals surface area contributed by atoms with Gasteiger partial charge in [0.1, 0.15) is 0 Å². The van der Waals surface area contributed by atoms with Gasteiger partial charge in [0.25, 0.3) is 0 Å². The maximum atomic E-state index is 12.1. The first kappa shape index (κ1) is 15.2. The molecule has 23 heavy (non-hydrogen) atoms. The fourth-order valence-corrected chi connectivity index (χ4v) is 3.30. The van der Waals surface area contributed by atoms with E-state index < -0.39 is 6.09 Å². The van der Waals surface area contributed by atoms with E-state index in [1.165, 1.54) is 6.92 Å². The minimum atomic E-state index is -0.579. The lowest BCUT2D eigenvalue weighted by molar-refractivity contribution is 0.101. The third-order valence-electron chi connectivity index (χ3n) is 3.48. The van der Waals surface area contributed by atoms with E-state index in [4.69, 9.17) is 4.74 Å². The summed E-state index contributed by atoms with van der Waals surface area (Å²) in [5.41, 5.74) is 2.22. The van der Waals surface area contributed by atoms with Crippen molar-refractivity contribution < 1.29 is 14.3 Å². The molecule has 0 aliphatic carbocycles. The number of Topliss-reactive ketones (excluding diaryl/α,β-unsaturated/α-hetero) is 1. The Morgan fingerprint density at radius 2 is 1.91 bits per heavy atom. The van der Waals surface area contributed by atoms with Crippen LogP contribution >= 0.6 is 11.3 Å². The Morgan fingerprint density at radius 3 is 2.70 bits per heavy atom. The molecule has 1 heterocycles. The zero-order chi connectivity index (χ0) is 16.4. The Morgan fingerprint density at radius 1 is 1.13 bits per heavy atom. The van der Waals surface area contributed by atoms with Gasteiger partial charge >= 0.3 is 6.09 Å². The van der Waals surface area contributed by atoms with Crippen molar-refractivity contribution in [1.82, 2.24) is 0 Å². The van der Waals surface area contributed by atoms with Crippen LogP contribution < -0.4 is 10.1 Å². The van der Waals surface area contributed by atoms with E-state index in [9.17, 15) is 9.59 Å². The molecule has 1 amide bonds. The van der Waals surface area contributed by atoms with E-state index in [1.54, 1.807) is 41.7 Å². The zero-order valence-electron chi connectivity index (χ0n) is 12.8. The number of carbonyl (C=O) groups excluding carboxylic acids is 2. The van der Waals surface area contributed by atoms with Gasteiger partial charge in [-0.1, -0.05) is 24.3 Å². The van der Waals surface area contributed by atoms with E-state index in [-0.39, 0.29) is 5.78 Å². The molecule has 0 saturated heterocycles. The van der Waals surface area contributed by atoms with Crippen LogP contribution in [0.25, 0.3) is 10.1 Å². The van der Waals surface area contributed by atoms with Crippen molar-refractivity contribution in [3.05, 3.63) is 59.0 Å². The van der Waals surface area contributed by atoms with Crippen molar-refractivity contribution in [2.75, 3.05) is 5.32 Å². The highest BCUT2D eigenvalue weighted by molar-refractivity contribution is 7.17. The number of rotatable bonds is 3. The van der Waals surface area contributed by atoms with Crippen LogP contribution in [0.4, 0.5) is 10.5 Å². The second-order valence-electron chi connectivity index (χ2n) is 5.20. The number of nitrogens with one attached hydrogen (secondary N) is 1. The third kappa shape index (κ3) is 3.24. The number of ketones is 1. The van der Waals surface area contributed by atoms with Gasteiger partial charge < -0.3 is 4.74 Å². The number of amides is 1. The average Bonchev–Trinajstić information content (AvgIpc) is 2.90. The number of hydrogen-bond acceptors (Lipinski definition) is 4. The van der Waals surface area contributed by atoms with Gasteiger partial charge in [-0.3, -0.25) is 10.1 Å². The summed E-state index contributed by atoms with van der Waals surface area (Å²) >= 11 is 1.55. The number of ether oxygens (including phenoxy) is 1. The van der Waals surface area contributed by atoms with Gasteiger partial charge in [-0.25, -0.2) is 4.79 Å². The van der Waals surface area contributed by atoms with Gasteiger partial charge in [0.05, 0.1) is 4.70 Å². The van der Waals surface area contributed by atoms with Crippen LogP contribution in [0.1, 0.15) is 22.8 Å². The van der Waals surface area contributed by atoms with Crippen LogP contribution in [-0.4, -0.2) is 11.9 Å². The summed E-state index contributed by atoms with van der Waals surface area (Å²) in [5, 5.41) is 5.76. The number of hydrogen-bond donors (Lipinski definition) is 1. The molecule has 0 unspecified atom stereocenters. The minimum absolute atomic E-state index is 0.0548. The highest BCUT2D eigenvalue weighted by atomic mass is 32.1. The predicted molar refractivity (Wildman–Crippen MR) is 92.7 cm³/mol. The van der Waals surface area contributed by atoms with Crippen molar-refractivity contribution in [3.63, 3.8) is 0 Å². The highest BCUT2D eigenvalue weighted by Crippen LogP contribution is 2.33. The molecule has 1 aromatic heterocycles. The summed E-state index contributed by atoms with van der Waals surface area (Å²) in [5.74, 6) is 0.474. The summed E-state index contributed by atoms with van der Waals surface area (Å²) in [4.78, 5) is 23.5. The van der Waals surface area contributed by atoms with E-state index in [0.29, 0.717) is 17.0 Å². The summed E-state index contributed by atoms with van der Waals surface area (Å²) in [6, 6.07) is 12.4. The van der Waals surface area contributed by atoms with Crippen molar-refractivity contribution in [2.24, 2.45) is 0 Å². The second kappa shape index (κ2) is 6.22. The fourth-order valence-electron chi connectivity index (χ4n) is 2.30. The molecule has 0 bridgehead atoms. The highest BCUT2D eigenvalue weighted by Gasteiger charge is 2.11. The summed E-state index contributed by atoms with van der Waals surface area (Å²) in [7, 11) is 0. The Kier molecular flexibility index (Phi) is 4.12. The summed E-state index contributed by atoms with van der Waals surface area (Å²) in [6.45, 7) is 3.51. The van der Waals surface area contributed by atoms with Crippen LogP contribution in [0.2, 0.25) is 0 Å². The van der Waals surface area contributed by atoms with Crippen molar-refractivity contribution >= 4 is 39.0 Å². The molecular formula is C18H15NO3S. The van der Waals surface area contributed by atoms with Gasteiger partial charge in [0, 0.05) is 11.3 Å². The van der Waals surface area contributed by atoms with Crippen molar-refractivity contribution in [1.29, 1.82) is 0 Å². The van der Waals surface area contributed by atoms with Gasteiger partial charge in [0.15, 0.2) is 11.5 Å². The quantitative estimate of drug-likeness (QED) is 0.688. The minimum Gasteiger partial charge on any atom is -0.409 e. The molecule has 0 aliphatic rings. The summed E-state index contributed by atoms with van der Waals surface area (Å²) in [6.07, 6.45) is -0.579. The monoisotopic (exact) mass is 325 g/mol. The summed E-state index contributed by atoms with van der Waals surface area (Å²) < 4.78 is 6.36. The van der Waals surface area contributed by atoms with Crippen LogP contribution in [-0.2, 0) is 0 Å². The first-order chi connectivity index (χ1) is 11.0. The molecule has 0 spiro atoms. The Labute approximate surface area is 137 Å². The number of thiophene rings is 1. The molecule has 0 fully saturated rings. The lowest BCUT2D eigenvalue weighted by atomic mass is 10.1. The molecule has 0 aliphatic heterocycles. The Balaban J connectivity index is 1.79. The third-order valence-corrected chi connectivity index (χ3v) is 4.60. The standard InChI is InChI=1S/C18H15NO3S/c1-11-10-23-17-15(11)7-4-8-16(17)22-18(21)19-14-6-3-5-13(9-14)12(2)20/h3-10H,1-2H3,(H,19,21). The molecular weight excluding hydrogens is 310 g/mol. The molecule has 0 saturated carbocycles. The lowest BCUT2D eigenvalue weighted by Crippen LogP contribution is -2.17. The Bertz CT molecular complexity index is 898. The second-order valence-corrected chi connectivity index (χ2v) is 6.08. The van der Waals surface area contributed by atoms with Gasteiger partial charge in [-0.05, 0) is 48.4 Å². The van der Waals surface area contributed by atoms with Crippen molar-refractivity contribution in [3.8, 4) is 5.75 Å². The van der Waals surface area contributed by atoms with Gasteiger partial charge in [-0.2, -0.15) is 0 Å². The zero-order valence-corrected chi connectivity index (χ0v) is 13.6. The first-order valence-corrected chi connectivity index (χ1v) is 7.99. The maximum Gasteiger partial charge on any atom is 0.417 e. The van der Waals surface area contributed by atoms with Crippen molar-refractivity contribution in [2.45, 2.75) is 13.8 Å². The number of fused-ring (bicyclic) bond motifs is 1. The molecule has 2 aromatic carbocycles. The lowest BCUT2D eigenvalue weighted by Gasteiger charge is -2.08. The fraction of sp³-hybridized carbons (Fsp3) is 0.111. The topological polar surface area (TPSA) is 55.4 Å². The van der Waals surface area contributed by atoms with E-state index in [0.717, 1.165) is 15.6 Å². The smallest absolute Gasteiger partial charge is 0.409 e. The molecule has 3 aromatic rings. The van der Waals surface area contributed by atoms with Crippen LogP contribution in [0.15, 0.2) is 47.8 Å². The average molecular weight is 325 g/mol. The van der Waals surface area contributed by atoms with E-state index in [2.05, 4.69) is 5.32 Å². The SMILES string of the molecule is CC(=O)c1cccc(NC(=O)Oc2cccc3c(C)csc23)c1. The van der Waals surface area contributed by atoms with Crippen LogP contribution in [0.5, 0.6) is 5.75 Å². The number of benzene rings is 2. The molecule has 1 N–H and O–H groups in total. The molecule has 5 heteroatoms. The van der Waals surface area contributed by atoms with Crippen LogP contribution in [0, 0.1) is 6.92 Å².